The molecule has 2 aromatic rings. The minimum absolute atomic E-state index is 0.200. The fraction of sp³-hybridized carbons (Fsp3) is 0.615. The second-order valence-electron chi connectivity index (χ2n) is 5.99. The summed E-state index contributed by atoms with van der Waals surface area (Å²) in [4.78, 5) is 15.3. The van der Waals surface area contributed by atoms with Crippen LogP contribution < -0.4 is 4.90 Å². The van der Waals surface area contributed by atoms with Crippen LogP contribution >= 0.6 is 11.6 Å². The lowest BCUT2D eigenvalue weighted by atomic mass is 10.1. The van der Waals surface area contributed by atoms with Crippen molar-refractivity contribution in [3.8, 4) is 0 Å². The van der Waals surface area contributed by atoms with Gasteiger partial charge in [0.05, 0.1) is 12.7 Å². The smallest absolute Gasteiger partial charge is 0.226 e. The summed E-state index contributed by atoms with van der Waals surface area (Å²) in [7, 11) is 0. The Labute approximate surface area is 126 Å². The van der Waals surface area contributed by atoms with Crippen molar-refractivity contribution in [3.05, 3.63) is 11.1 Å². The minimum atomic E-state index is -0.461. The molecule has 1 saturated heterocycles. The van der Waals surface area contributed by atoms with Gasteiger partial charge in [-0.3, -0.25) is 0 Å². The monoisotopic (exact) mass is 309 g/mol. The summed E-state index contributed by atoms with van der Waals surface area (Å²) < 4.78 is 7.84. The number of ether oxygens (including phenoxy) is 1. The number of rotatable bonds is 1. The summed E-state index contributed by atoms with van der Waals surface area (Å²) in [5.41, 5.74) is 0.995. The van der Waals surface area contributed by atoms with E-state index in [1.54, 1.807) is 0 Å². The number of anilines is 1. The van der Waals surface area contributed by atoms with Gasteiger partial charge in [-0.1, -0.05) is 0 Å². The third kappa shape index (κ3) is 1.91. The van der Waals surface area contributed by atoms with Crippen LogP contribution in [-0.4, -0.2) is 50.4 Å². The van der Waals surface area contributed by atoms with Crippen molar-refractivity contribution >= 4 is 28.6 Å². The molecule has 4 rings (SSSR count). The lowest BCUT2D eigenvalue weighted by Crippen LogP contribution is -2.51. The van der Waals surface area contributed by atoms with E-state index in [-0.39, 0.29) is 11.4 Å². The maximum atomic E-state index is 9.50. The molecule has 112 valence electrons. The van der Waals surface area contributed by atoms with Gasteiger partial charge in [0.1, 0.15) is 11.4 Å². The minimum Gasteiger partial charge on any atom is -0.389 e. The molecule has 0 aliphatic carbocycles. The summed E-state index contributed by atoms with van der Waals surface area (Å²) in [6.45, 7) is 6.39. The molecule has 1 fully saturated rings. The molecule has 7 nitrogen and oxygen atoms in total. The molecule has 8 heteroatoms. The zero-order valence-corrected chi connectivity index (χ0v) is 12.6. The van der Waals surface area contributed by atoms with Crippen molar-refractivity contribution in [2.45, 2.75) is 32.1 Å². The van der Waals surface area contributed by atoms with Gasteiger partial charge in [-0.2, -0.15) is 9.97 Å². The van der Waals surface area contributed by atoms with E-state index in [1.165, 1.54) is 0 Å². The molecule has 21 heavy (non-hydrogen) atoms. The Morgan fingerprint density at radius 1 is 1.29 bits per heavy atom. The largest absolute Gasteiger partial charge is 0.389 e. The number of nitrogens with zero attached hydrogens (tertiary/aromatic N) is 5. The van der Waals surface area contributed by atoms with Gasteiger partial charge in [-0.25, -0.2) is 4.98 Å². The number of hydrogen-bond donors (Lipinski definition) is 1. The van der Waals surface area contributed by atoms with Crippen LogP contribution in [0.25, 0.3) is 11.2 Å². The van der Waals surface area contributed by atoms with Crippen LogP contribution in [0.4, 0.5) is 5.82 Å². The van der Waals surface area contributed by atoms with Crippen LogP contribution in [0.1, 0.15) is 19.7 Å². The highest BCUT2D eigenvalue weighted by Crippen LogP contribution is 2.35. The molecule has 0 spiro atoms. The van der Waals surface area contributed by atoms with Gasteiger partial charge in [-0.15, -0.1) is 0 Å². The number of β-amino-alcohol motifs (C(OH)–C–C–N with tert-alkyl or cyclic N) is 1. The predicted octanol–water partition coefficient (Wildman–Crippen LogP) is 0.926. The van der Waals surface area contributed by atoms with E-state index in [2.05, 4.69) is 9.97 Å². The highest BCUT2D eigenvalue weighted by molar-refractivity contribution is 6.28. The fourth-order valence-corrected chi connectivity index (χ4v) is 3.10. The molecule has 0 saturated carbocycles. The van der Waals surface area contributed by atoms with E-state index in [9.17, 15) is 5.11 Å². The number of hydrogen-bond acceptors (Lipinski definition) is 6. The molecule has 1 N–H and O–H groups in total. The van der Waals surface area contributed by atoms with Gasteiger partial charge >= 0.3 is 0 Å². The molecule has 0 bridgehead atoms. The van der Waals surface area contributed by atoms with E-state index in [1.807, 2.05) is 23.3 Å². The normalized spacial score (nSPS) is 21.4. The topological polar surface area (TPSA) is 76.3 Å². The Morgan fingerprint density at radius 3 is 2.76 bits per heavy atom. The van der Waals surface area contributed by atoms with Gasteiger partial charge in [0.25, 0.3) is 0 Å². The summed E-state index contributed by atoms with van der Waals surface area (Å²) in [5.74, 6) is 1.52. The van der Waals surface area contributed by atoms with Crippen molar-refractivity contribution in [3.63, 3.8) is 0 Å². The number of halogens is 1. The van der Waals surface area contributed by atoms with E-state index in [4.69, 9.17) is 21.3 Å². The van der Waals surface area contributed by atoms with Crippen LogP contribution in [0.5, 0.6) is 0 Å². The van der Waals surface area contributed by atoms with Crippen LogP contribution in [0.15, 0.2) is 0 Å². The molecule has 0 atom stereocenters. The highest BCUT2D eigenvalue weighted by Gasteiger charge is 2.35. The van der Waals surface area contributed by atoms with Crippen molar-refractivity contribution in [2.24, 2.45) is 0 Å². The number of fused-ring (bicyclic) bond motifs is 3. The zero-order chi connectivity index (χ0) is 14.8. The summed E-state index contributed by atoms with van der Waals surface area (Å²) in [6.07, 6.45) is -0.314. The van der Waals surface area contributed by atoms with Crippen LogP contribution in [-0.2, 0) is 16.9 Å². The van der Waals surface area contributed by atoms with Crippen molar-refractivity contribution in [1.82, 2.24) is 19.5 Å². The fourth-order valence-electron chi connectivity index (χ4n) is 2.94. The second kappa shape index (κ2) is 4.28. The van der Waals surface area contributed by atoms with Gasteiger partial charge < -0.3 is 19.3 Å². The SMILES string of the molecule is CC1(C)OCCn2c1nc1c(N3CC(O)C3)nc(Cl)nc12. The quantitative estimate of drug-likeness (QED) is 0.790. The average Bonchev–Trinajstić information content (AvgIpc) is 2.74. The molecule has 0 aromatic carbocycles. The molecule has 0 unspecified atom stereocenters. The first-order valence-electron chi connectivity index (χ1n) is 6.97. The third-order valence-electron chi connectivity index (χ3n) is 4.03. The maximum Gasteiger partial charge on any atom is 0.226 e. The summed E-state index contributed by atoms with van der Waals surface area (Å²) in [5, 5.41) is 9.70. The second-order valence-corrected chi connectivity index (χ2v) is 6.33. The Bertz CT molecular complexity index is 723. The maximum absolute atomic E-state index is 9.50. The summed E-state index contributed by atoms with van der Waals surface area (Å²) >= 11 is 6.07. The molecular weight excluding hydrogens is 294 g/mol. The standard InChI is InChI=1S/C13H16ClN5O2/c1-13(2)11-15-8-9(18-5-7(20)6-18)16-12(14)17-10(8)19(11)3-4-21-13/h7,20H,3-6H2,1-2H3. The first-order chi connectivity index (χ1) is 9.95. The lowest BCUT2D eigenvalue weighted by Gasteiger charge is -2.36. The average molecular weight is 310 g/mol. The Hall–Kier alpha value is -1.44. The van der Waals surface area contributed by atoms with Crippen LogP contribution in [0, 0.1) is 0 Å². The molecule has 0 radical (unpaired) electrons. The first kappa shape index (κ1) is 13.2. The molecule has 2 aliphatic heterocycles. The molecular formula is C13H16ClN5O2. The number of aliphatic hydroxyl groups excluding tert-OH is 1. The molecule has 2 aliphatic rings. The Morgan fingerprint density at radius 2 is 2.05 bits per heavy atom. The molecule has 0 amide bonds. The van der Waals surface area contributed by atoms with Crippen molar-refractivity contribution in [2.75, 3.05) is 24.6 Å². The first-order valence-corrected chi connectivity index (χ1v) is 7.35. The zero-order valence-electron chi connectivity index (χ0n) is 11.9. The number of aromatic nitrogens is 4. The van der Waals surface area contributed by atoms with E-state index >= 15 is 0 Å². The Kier molecular flexibility index (Phi) is 2.70. The highest BCUT2D eigenvalue weighted by atomic mass is 35.5. The molecule has 4 heterocycles. The molecule has 2 aromatic heterocycles. The van der Waals surface area contributed by atoms with Crippen molar-refractivity contribution < 1.29 is 9.84 Å². The number of imidazole rings is 1. The van der Waals surface area contributed by atoms with Crippen LogP contribution in [0.3, 0.4) is 0 Å². The summed E-state index contributed by atoms with van der Waals surface area (Å²) in [6, 6.07) is 0. The van der Waals surface area contributed by atoms with E-state index in [0.717, 1.165) is 17.0 Å². The Balaban J connectivity index is 1.94. The predicted molar refractivity (Wildman–Crippen MR) is 77.5 cm³/mol. The van der Waals surface area contributed by atoms with Gasteiger partial charge in [0.2, 0.25) is 5.28 Å². The van der Waals surface area contributed by atoms with Crippen molar-refractivity contribution in [1.29, 1.82) is 0 Å². The van der Waals surface area contributed by atoms with Gasteiger partial charge in [0, 0.05) is 19.6 Å². The van der Waals surface area contributed by atoms with Gasteiger partial charge in [0.15, 0.2) is 17.0 Å². The van der Waals surface area contributed by atoms with E-state index < -0.39 is 5.60 Å². The van der Waals surface area contributed by atoms with E-state index in [0.29, 0.717) is 32.1 Å². The number of aliphatic hydroxyl groups is 1. The third-order valence-corrected chi connectivity index (χ3v) is 4.20. The van der Waals surface area contributed by atoms with Gasteiger partial charge in [-0.05, 0) is 25.4 Å². The van der Waals surface area contributed by atoms with Crippen LogP contribution in [0.2, 0.25) is 5.28 Å². The lowest BCUT2D eigenvalue weighted by molar-refractivity contribution is -0.0530.